The van der Waals surface area contributed by atoms with Crippen molar-refractivity contribution in [3.63, 3.8) is 0 Å². The van der Waals surface area contributed by atoms with Crippen molar-refractivity contribution in [3.8, 4) is 0 Å². The molecule has 170 valence electrons. The van der Waals surface area contributed by atoms with Crippen LogP contribution in [0.2, 0.25) is 5.02 Å². The quantitative estimate of drug-likeness (QED) is 0.695. The summed E-state index contributed by atoms with van der Waals surface area (Å²) in [4.78, 5) is 28.9. The van der Waals surface area contributed by atoms with Gasteiger partial charge in [0, 0.05) is 48.8 Å². The summed E-state index contributed by atoms with van der Waals surface area (Å²) in [6.07, 6.45) is -3.97. The average Bonchev–Trinajstić information content (AvgIpc) is 3.13. The summed E-state index contributed by atoms with van der Waals surface area (Å²) in [5.74, 6) is -1.70. The minimum absolute atomic E-state index is 0.00524. The predicted molar refractivity (Wildman–Crippen MR) is 110 cm³/mol. The first-order valence-corrected chi connectivity index (χ1v) is 10.5. The van der Waals surface area contributed by atoms with Gasteiger partial charge in [0.05, 0.1) is 11.1 Å². The first kappa shape index (κ1) is 22.5. The second kappa shape index (κ2) is 8.71. The Morgan fingerprint density at radius 2 is 1.84 bits per heavy atom. The Hall–Kier alpha value is -2.65. The van der Waals surface area contributed by atoms with Crippen LogP contribution in [0.3, 0.4) is 0 Å². The van der Waals surface area contributed by atoms with Crippen LogP contribution in [0.1, 0.15) is 32.7 Å². The molecule has 5 nitrogen and oxygen atoms in total. The molecule has 0 unspecified atom stereocenters. The standard InChI is InChI=1S/C22H20ClF4N3O2/c23-15-4-5-18(19(24)9-15)20(31)28-16-10-17-12-30(7-6-29(17)11-16)21(32)13-2-1-3-14(8-13)22(25,26)27/h1-5,8-9,16-17H,6-7,10-12H2,(H,28,31)/t16-,17-/m0/s1. The molecule has 0 radical (unpaired) electrons. The molecule has 0 aromatic heterocycles. The van der Waals surface area contributed by atoms with Crippen LogP contribution in [-0.2, 0) is 6.18 Å². The molecule has 0 saturated carbocycles. The van der Waals surface area contributed by atoms with E-state index >= 15 is 0 Å². The van der Waals surface area contributed by atoms with Crippen LogP contribution in [-0.4, -0.2) is 59.9 Å². The highest BCUT2D eigenvalue weighted by molar-refractivity contribution is 6.30. The van der Waals surface area contributed by atoms with E-state index in [9.17, 15) is 27.2 Å². The molecule has 2 saturated heterocycles. The third-order valence-electron chi connectivity index (χ3n) is 5.85. The number of carbonyl (C=O) groups excluding carboxylic acids is 2. The Balaban J connectivity index is 1.39. The maximum Gasteiger partial charge on any atom is 0.416 e. The van der Waals surface area contributed by atoms with Gasteiger partial charge in [-0.05, 0) is 42.8 Å². The second-order valence-electron chi connectivity index (χ2n) is 8.01. The van der Waals surface area contributed by atoms with Gasteiger partial charge in [-0.2, -0.15) is 13.2 Å². The van der Waals surface area contributed by atoms with Gasteiger partial charge in [-0.3, -0.25) is 14.5 Å². The first-order valence-electron chi connectivity index (χ1n) is 10.1. The number of nitrogens with zero attached hydrogens (tertiary/aromatic N) is 2. The number of nitrogens with one attached hydrogen (secondary N) is 1. The molecule has 0 spiro atoms. The lowest BCUT2D eigenvalue weighted by molar-refractivity contribution is -0.137. The Bertz CT molecular complexity index is 1050. The van der Waals surface area contributed by atoms with E-state index in [0.29, 0.717) is 32.6 Å². The van der Waals surface area contributed by atoms with Crippen LogP contribution >= 0.6 is 11.6 Å². The van der Waals surface area contributed by atoms with E-state index in [4.69, 9.17) is 11.6 Å². The normalized spacial score (nSPS) is 21.3. The van der Waals surface area contributed by atoms with Crippen LogP contribution in [0.15, 0.2) is 42.5 Å². The van der Waals surface area contributed by atoms with Crippen LogP contribution in [0.5, 0.6) is 0 Å². The molecule has 2 heterocycles. The fourth-order valence-electron chi connectivity index (χ4n) is 4.28. The summed E-state index contributed by atoms with van der Waals surface area (Å²) in [6.45, 7) is 1.81. The predicted octanol–water partition coefficient (Wildman–Crippen LogP) is 3.83. The molecule has 32 heavy (non-hydrogen) atoms. The molecular weight excluding hydrogens is 450 g/mol. The zero-order valence-corrected chi connectivity index (χ0v) is 17.6. The van der Waals surface area contributed by atoms with Gasteiger partial charge in [-0.25, -0.2) is 4.39 Å². The van der Waals surface area contributed by atoms with Crippen molar-refractivity contribution in [1.82, 2.24) is 15.1 Å². The fourth-order valence-corrected chi connectivity index (χ4v) is 4.44. The van der Waals surface area contributed by atoms with Crippen molar-refractivity contribution in [1.29, 1.82) is 0 Å². The van der Waals surface area contributed by atoms with Crippen LogP contribution in [0.4, 0.5) is 17.6 Å². The topological polar surface area (TPSA) is 52.7 Å². The van der Waals surface area contributed by atoms with E-state index in [2.05, 4.69) is 10.2 Å². The van der Waals surface area contributed by atoms with Gasteiger partial charge < -0.3 is 10.2 Å². The third-order valence-corrected chi connectivity index (χ3v) is 6.09. The smallest absolute Gasteiger partial charge is 0.348 e. The number of amides is 2. The van der Waals surface area contributed by atoms with E-state index < -0.39 is 29.4 Å². The fraction of sp³-hybridized carbons (Fsp3) is 0.364. The highest BCUT2D eigenvalue weighted by Gasteiger charge is 2.39. The lowest BCUT2D eigenvalue weighted by Crippen LogP contribution is -2.52. The summed E-state index contributed by atoms with van der Waals surface area (Å²) in [5.41, 5.74) is -0.963. The number of hydrogen-bond donors (Lipinski definition) is 1. The van der Waals surface area contributed by atoms with Crippen LogP contribution < -0.4 is 5.32 Å². The van der Waals surface area contributed by atoms with Crippen molar-refractivity contribution in [3.05, 3.63) is 70.0 Å². The molecule has 2 fully saturated rings. The molecule has 0 aliphatic carbocycles. The number of hydrogen-bond acceptors (Lipinski definition) is 3. The van der Waals surface area contributed by atoms with Gasteiger partial charge in [-0.15, -0.1) is 0 Å². The molecule has 2 aliphatic rings. The summed E-state index contributed by atoms with van der Waals surface area (Å²) >= 11 is 5.72. The number of fused-ring (bicyclic) bond motifs is 1. The van der Waals surface area contributed by atoms with Gasteiger partial charge in [0.2, 0.25) is 0 Å². The number of benzene rings is 2. The van der Waals surface area contributed by atoms with Crippen molar-refractivity contribution in [2.45, 2.75) is 24.7 Å². The minimum Gasteiger partial charge on any atom is -0.348 e. The van der Waals surface area contributed by atoms with Crippen molar-refractivity contribution in [2.24, 2.45) is 0 Å². The maximum absolute atomic E-state index is 14.0. The Morgan fingerprint density at radius 1 is 1.06 bits per heavy atom. The Morgan fingerprint density at radius 3 is 2.56 bits per heavy atom. The van der Waals surface area contributed by atoms with E-state index in [1.165, 1.54) is 24.3 Å². The van der Waals surface area contributed by atoms with Crippen molar-refractivity contribution >= 4 is 23.4 Å². The average molecular weight is 470 g/mol. The summed E-state index contributed by atoms with van der Waals surface area (Å²) in [7, 11) is 0. The van der Waals surface area contributed by atoms with E-state index in [1.807, 2.05) is 0 Å². The molecule has 2 aromatic rings. The summed E-state index contributed by atoms with van der Waals surface area (Å²) in [5, 5.41) is 3.02. The molecule has 2 amide bonds. The number of piperazine rings is 1. The molecule has 2 aromatic carbocycles. The monoisotopic (exact) mass is 469 g/mol. The molecule has 4 rings (SSSR count). The zero-order chi connectivity index (χ0) is 23.0. The number of alkyl halides is 3. The highest BCUT2D eigenvalue weighted by Crippen LogP contribution is 2.30. The summed E-state index contributed by atoms with van der Waals surface area (Å²) < 4.78 is 52.9. The lowest BCUT2D eigenvalue weighted by Gasteiger charge is -2.37. The maximum atomic E-state index is 14.0. The molecular formula is C22H20ClF4N3O2. The molecule has 1 N–H and O–H groups in total. The van der Waals surface area contributed by atoms with Gasteiger partial charge in [0.1, 0.15) is 5.82 Å². The first-order chi connectivity index (χ1) is 15.1. The summed E-state index contributed by atoms with van der Waals surface area (Å²) in [6, 6.07) is 7.97. The van der Waals surface area contributed by atoms with Crippen LogP contribution in [0.25, 0.3) is 0 Å². The van der Waals surface area contributed by atoms with Gasteiger partial charge in [0.25, 0.3) is 11.8 Å². The number of halogens is 5. The van der Waals surface area contributed by atoms with E-state index in [-0.39, 0.29) is 28.2 Å². The van der Waals surface area contributed by atoms with E-state index in [0.717, 1.165) is 18.2 Å². The number of rotatable bonds is 3. The van der Waals surface area contributed by atoms with Gasteiger partial charge in [-0.1, -0.05) is 17.7 Å². The Kier molecular flexibility index (Phi) is 6.13. The zero-order valence-electron chi connectivity index (χ0n) is 16.8. The van der Waals surface area contributed by atoms with Crippen molar-refractivity contribution in [2.75, 3.05) is 26.2 Å². The number of carbonyl (C=O) groups is 2. The van der Waals surface area contributed by atoms with Gasteiger partial charge >= 0.3 is 6.18 Å². The largest absolute Gasteiger partial charge is 0.416 e. The highest BCUT2D eigenvalue weighted by atomic mass is 35.5. The molecule has 2 aliphatic heterocycles. The second-order valence-corrected chi connectivity index (χ2v) is 8.45. The van der Waals surface area contributed by atoms with Gasteiger partial charge in [0.15, 0.2) is 0 Å². The molecule has 2 atom stereocenters. The molecule has 0 bridgehead atoms. The molecule has 10 heteroatoms. The minimum atomic E-state index is -4.52. The Labute approximate surface area is 186 Å². The van der Waals surface area contributed by atoms with Crippen LogP contribution in [0, 0.1) is 5.82 Å². The SMILES string of the molecule is O=C(N[C@H]1C[C@H]2CN(C(=O)c3cccc(C(F)(F)F)c3)CCN2C1)c1ccc(Cl)cc1F. The lowest BCUT2D eigenvalue weighted by atomic mass is 10.1. The van der Waals surface area contributed by atoms with E-state index in [1.54, 1.807) is 4.90 Å². The third kappa shape index (κ3) is 4.73. The van der Waals surface area contributed by atoms with Crippen molar-refractivity contribution < 1.29 is 27.2 Å².